The maximum atomic E-state index is 13.2. The van der Waals surface area contributed by atoms with E-state index in [0.29, 0.717) is 18.5 Å². The van der Waals surface area contributed by atoms with Crippen molar-refractivity contribution >= 4 is 12.9 Å². The molecule has 2 rings (SSSR count). The van der Waals surface area contributed by atoms with E-state index in [1.54, 1.807) is 13.2 Å². The van der Waals surface area contributed by atoms with Crippen molar-refractivity contribution in [2.45, 2.75) is 20.8 Å². The molecule has 4 nitrogen and oxygen atoms in total. The maximum Gasteiger partial charge on any atom is 0.361 e. The van der Waals surface area contributed by atoms with Crippen molar-refractivity contribution in [1.29, 1.82) is 0 Å². The zero-order valence-corrected chi connectivity index (χ0v) is 14.9. The lowest BCUT2D eigenvalue weighted by molar-refractivity contribution is 0.230. The summed E-state index contributed by atoms with van der Waals surface area (Å²) in [4.78, 5) is 0. The van der Waals surface area contributed by atoms with Gasteiger partial charge in [0.2, 0.25) is 0 Å². The number of hydrogen-bond acceptors (Lipinski definition) is 4. The molecule has 0 fully saturated rings. The largest absolute Gasteiger partial charge is 0.497 e. The smallest absolute Gasteiger partial charge is 0.361 e. The van der Waals surface area contributed by atoms with Gasteiger partial charge < -0.3 is 13.8 Å². The van der Waals surface area contributed by atoms with E-state index in [-0.39, 0.29) is 0 Å². The number of aryl methyl sites for hydroxylation is 1. The zero-order valence-electron chi connectivity index (χ0n) is 14.0. The second-order valence-corrected chi connectivity index (χ2v) is 7.08. The molecular weight excluding hydrogens is 311 g/mol. The summed E-state index contributed by atoms with van der Waals surface area (Å²) >= 11 is 0. The van der Waals surface area contributed by atoms with E-state index in [4.69, 9.17) is 13.8 Å². The number of benzene rings is 2. The maximum absolute atomic E-state index is 13.2. The SMILES string of the molecule is CCOP(=O)(OCC)c1ccccc1-c1cc(C)cc(OC)c1. The Kier molecular flexibility index (Phi) is 6.00. The molecule has 2 aromatic carbocycles. The molecule has 0 bridgehead atoms. The van der Waals surface area contributed by atoms with E-state index < -0.39 is 7.60 Å². The molecule has 0 N–H and O–H groups in total. The Labute approximate surface area is 137 Å². The van der Waals surface area contributed by atoms with Crippen LogP contribution in [0.5, 0.6) is 5.75 Å². The van der Waals surface area contributed by atoms with Crippen molar-refractivity contribution in [2.24, 2.45) is 0 Å². The van der Waals surface area contributed by atoms with Gasteiger partial charge in [0, 0.05) is 0 Å². The first kappa shape index (κ1) is 17.7. The second-order valence-electron chi connectivity index (χ2n) is 5.09. The third kappa shape index (κ3) is 4.03. The summed E-state index contributed by atoms with van der Waals surface area (Å²) in [6.07, 6.45) is 0. The minimum Gasteiger partial charge on any atom is -0.497 e. The van der Waals surface area contributed by atoms with Crippen LogP contribution in [0.15, 0.2) is 42.5 Å². The Morgan fingerprint density at radius 1 is 1.00 bits per heavy atom. The number of rotatable bonds is 7. The number of methoxy groups -OCH3 is 1. The fourth-order valence-corrected chi connectivity index (χ4v) is 4.29. The molecule has 0 radical (unpaired) electrons. The number of ether oxygens (including phenoxy) is 1. The van der Waals surface area contributed by atoms with E-state index in [0.717, 1.165) is 22.4 Å². The molecule has 2 aromatic rings. The summed E-state index contributed by atoms with van der Waals surface area (Å²) in [5.41, 5.74) is 2.83. The highest BCUT2D eigenvalue weighted by Crippen LogP contribution is 2.49. The highest BCUT2D eigenvalue weighted by molar-refractivity contribution is 7.62. The molecule has 0 unspecified atom stereocenters. The van der Waals surface area contributed by atoms with Gasteiger partial charge in [0.05, 0.1) is 25.6 Å². The molecule has 0 aliphatic heterocycles. The summed E-state index contributed by atoms with van der Waals surface area (Å²) in [7, 11) is -1.72. The normalized spacial score (nSPS) is 11.5. The van der Waals surface area contributed by atoms with Crippen LogP contribution >= 0.6 is 7.60 Å². The van der Waals surface area contributed by atoms with Gasteiger partial charge in [0.15, 0.2) is 0 Å². The molecule has 0 heterocycles. The topological polar surface area (TPSA) is 44.8 Å². The first-order valence-corrected chi connectivity index (χ1v) is 9.23. The van der Waals surface area contributed by atoms with Crippen LogP contribution in [0.1, 0.15) is 19.4 Å². The third-order valence-corrected chi connectivity index (χ3v) is 5.57. The molecule has 0 saturated heterocycles. The Morgan fingerprint density at radius 2 is 1.65 bits per heavy atom. The lowest BCUT2D eigenvalue weighted by atomic mass is 10.0. The summed E-state index contributed by atoms with van der Waals surface area (Å²) in [6.45, 7) is 6.26. The van der Waals surface area contributed by atoms with E-state index in [9.17, 15) is 4.57 Å². The van der Waals surface area contributed by atoms with Crippen LogP contribution in [-0.2, 0) is 13.6 Å². The summed E-state index contributed by atoms with van der Waals surface area (Å²) < 4.78 is 29.5. The molecule has 0 amide bonds. The van der Waals surface area contributed by atoms with Gasteiger partial charge in [-0.05, 0) is 55.7 Å². The first-order chi connectivity index (χ1) is 11.0. The molecule has 0 aliphatic rings. The van der Waals surface area contributed by atoms with Gasteiger partial charge in [0.1, 0.15) is 5.75 Å². The fourth-order valence-electron chi connectivity index (χ4n) is 2.49. The zero-order chi connectivity index (χ0) is 16.9. The minimum atomic E-state index is -3.35. The Bertz CT molecular complexity index is 702. The Morgan fingerprint density at radius 3 is 2.26 bits per heavy atom. The van der Waals surface area contributed by atoms with Crippen LogP contribution < -0.4 is 10.0 Å². The second kappa shape index (κ2) is 7.78. The van der Waals surface area contributed by atoms with Crippen molar-refractivity contribution in [3.63, 3.8) is 0 Å². The molecule has 124 valence electrons. The van der Waals surface area contributed by atoms with Crippen molar-refractivity contribution < 1.29 is 18.3 Å². The van der Waals surface area contributed by atoms with Crippen LogP contribution in [-0.4, -0.2) is 20.3 Å². The molecule has 5 heteroatoms. The Balaban J connectivity index is 2.61. The molecule has 0 spiro atoms. The lowest BCUT2D eigenvalue weighted by Crippen LogP contribution is -2.13. The van der Waals surface area contributed by atoms with Crippen LogP contribution in [0.25, 0.3) is 11.1 Å². The summed E-state index contributed by atoms with van der Waals surface area (Å²) in [6, 6.07) is 13.4. The average Bonchev–Trinajstić information content (AvgIpc) is 2.54. The highest BCUT2D eigenvalue weighted by Gasteiger charge is 2.29. The van der Waals surface area contributed by atoms with E-state index in [1.807, 2.05) is 57.2 Å². The minimum absolute atomic E-state index is 0.322. The predicted molar refractivity (Wildman–Crippen MR) is 93.7 cm³/mol. The summed E-state index contributed by atoms with van der Waals surface area (Å²) in [5.74, 6) is 0.762. The first-order valence-electron chi connectivity index (χ1n) is 7.68. The predicted octanol–water partition coefficient (Wildman–Crippen LogP) is 4.56. The molecule has 0 atom stereocenters. The van der Waals surface area contributed by atoms with Gasteiger partial charge in [-0.1, -0.05) is 24.3 Å². The highest BCUT2D eigenvalue weighted by atomic mass is 31.2. The van der Waals surface area contributed by atoms with Gasteiger partial charge in [0.25, 0.3) is 0 Å². The quantitative estimate of drug-likeness (QED) is 0.696. The number of hydrogen-bond donors (Lipinski definition) is 0. The van der Waals surface area contributed by atoms with Crippen molar-refractivity contribution in [1.82, 2.24) is 0 Å². The van der Waals surface area contributed by atoms with E-state index in [1.165, 1.54) is 0 Å². The van der Waals surface area contributed by atoms with Crippen LogP contribution in [0.3, 0.4) is 0 Å². The van der Waals surface area contributed by atoms with E-state index in [2.05, 4.69) is 0 Å². The van der Waals surface area contributed by atoms with Gasteiger partial charge >= 0.3 is 7.60 Å². The van der Waals surface area contributed by atoms with Crippen molar-refractivity contribution in [2.75, 3.05) is 20.3 Å². The average molecular weight is 334 g/mol. The third-order valence-electron chi connectivity index (χ3n) is 3.39. The van der Waals surface area contributed by atoms with Crippen LogP contribution in [0.2, 0.25) is 0 Å². The monoisotopic (exact) mass is 334 g/mol. The van der Waals surface area contributed by atoms with Crippen LogP contribution in [0, 0.1) is 6.92 Å². The molecule has 0 aromatic heterocycles. The molecule has 0 saturated carbocycles. The van der Waals surface area contributed by atoms with Crippen molar-refractivity contribution in [3.05, 3.63) is 48.0 Å². The summed E-state index contributed by atoms with van der Waals surface area (Å²) in [5, 5.41) is 0.580. The van der Waals surface area contributed by atoms with Crippen molar-refractivity contribution in [3.8, 4) is 16.9 Å². The van der Waals surface area contributed by atoms with Gasteiger partial charge in [-0.3, -0.25) is 4.57 Å². The Hall–Kier alpha value is -1.61. The lowest BCUT2D eigenvalue weighted by Gasteiger charge is -2.20. The van der Waals surface area contributed by atoms with Gasteiger partial charge in [-0.2, -0.15) is 0 Å². The standard InChI is InChI=1S/C18H23O4P/c1-5-21-23(19,22-6-2)18-10-8-7-9-17(18)15-11-14(3)12-16(13-15)20-4/h7-13H,5-6H2,1-4H3. The van der Waals surface area contributed by atoms with Gasteiger partial charge in [-0.15, -0.1) is 0 Å². The van der Waals surface area contributed by atoms with E-state index >= 15 is 0 Å². The van der Waals surface area contributed by atoms with Crippen LogP contribution in [0.4, 0.5) is 0 Å². The molecular formula is C18H23O4P. The molecule has 0 aliphatic carbocycles. The fraction of sp³-hybridized carbons (Fsp3) is 0.333. The van der Waals surface area contributed by atoms with Gasteiger partial charge in [-0.25, -0.2) is 0 Å². The molecule has 23 heavy (non-hydrogen) atoms.